The van der Waals surface area contributed by atoms with Gasteiger partial charge in [0.15, 0.2) is 11.5 Å². The van der Waals surface area contributed by atoms with Crippen molar-refractivity contribution in [2.75, 3.05) is 0 Å². The van der Waals surface area contributed by atoms with Gasteiger partial charge in [0.05, 0.1) is 6.26 Å². The van der Waals surface area contributed by atoms with Crippen LogP contribution >= 0.6 is 0 Å². The molecule has 0 aliphatic carbocycles. The maximum atomic E-state index is 10.8. The highest BCUT2D eigenvalue weighted by Gasteiger charge is 2.06. The SMILES string of the molecule is CC(=O)Oc1ccoc1C=Cc1ccccc1. The fraction of sp³-hybridized carbons (Fsp3) is 0.0714. The average Bonchev–Trinajstić information content (AvgIpc) is 2.74. The molecule has 2 aromatic rings. The van der Waals surface area contributed by atoms with Crippen LogP contribution in [0.1, 0.15) is 18.2 Å². The van der Waals surface area contributed by atoms with E-state index in [-0.39, 0.29) is 5.97 Å². The molecule has 86 valence electrons. The second-order valence-electron chi connectivity index (χ2n) is 3.49. The molecule has 1 aromatic carbocycles. The third-order valence-corrected chi connectivity index (χ3v) is 2.14. The minimum atomic E-state index is -0.360. The number of carbonyl (C=O) groups is 1. The zero-order valence-corrected chi connectivity index (χ0v) is 9.42. The molecule has 0 saturated heterocycles. The summed E-state index contributed by atoms with van der Waals surface area (Å²) in [7, 11) is 0. The molecule has 0 bridgehead atoms. The number of benzene rings is 1. The molecule has 17 heavy (non-hydrogen) atoms. The van der Waals surface area contributed by atoms with Gasteiger partial charge in [-0.25, -0.2) is 0 Å². The van der Waals surface area contributed by atoms with Crippen LogP contribution < -0.4 is 4.74 Å². The first kappa shape index (κ1) is 11.2. The van der Waals surface area contributed by atoms with E-state index < -0.39 is 0 Å². The third-order valence-electron chi connectivity index (χ3n) is 2.14. The molecule has 0 radical (unpaired) electrons. The van der Waals surface area contributed by atoms with Crippen molar-refractivity contribution in [2.45, 2.75) is 6.92 Å². The van der Waals surface area contributed by atoms with Crippen LogP contribution in [0.4, 0.5) is 0 Å². The van der Waals surface area contributed by atoms with Crippen LogP contribution in [0.5, 0.6) is 5.75 Å². The Morgan fingerprint density at radius 3 is 2.65 bits per heavy atom. The molecule has 0 aliphatic rings. The molecule has 3 heteroatoms. The highest BCUT2D eigenvalue weighted by molar-refractivity contribution is 5.74. The van der Waals surface area contributed by atoms with Crippen LogP contribution in [0.25, 0.3) is 12.2 Å². The first-order valence-corrected chi connectivity index (χ1v) is 5.25. The standard InChI is InChI=1S/C14H12O3/c1-11(15)17-14-9-10-16-13(14)8-7-12-5-3-2-4-6-12/h2-10H,1H3. The normalized spacial score (nSPS) is 10.6. The van der Waals surface area contributed by atoms with Gasteiger partial charge in [0, 0.05) is 13.0 Å². The maximum absolute atomic E-state index is 10.8. The summed E-state index contributed by atoms with van der Waals surface area (Å²) in [5.41, 5.74) is 1.05. The Morgan fingerprint density at radius 1 is 1.18 bits per heavy atom. The van der Waals surface area contributed by atoms with Gasteiger partial charge < -0.3 is 9.15 Å². The highest BCUT2D eigenvalue weighted by Crippen LogP contribution is 2.22. The lowest BCUT2D eigenvalue weighted by Gasteiger charge is -1.97. The van der Waals surface area contributed by atoms with Crippen molar-refractivity contribution in [1.29, 1.82) is 0 Å². The largest absolute Gasteiger partial charge is 0.461 e. The predicted molar refractivity (Wildman–Crippen MR) is 65.4 cm³/mol. The predicted octanol–water partition coefficient (Wildman–Crippen LogP) is 3.38. The van der Waals surface area contributed by atoms with E-state index in [1.54, 1.807) is 12.1 Å². The molecule has 0 spiro atoms. The molecule has 2 rings (SSSR count). The van der Waals surface area contributed by atoms with Gasteiger partial charge in [-0.15, -0.1) is 0 Å². The summed E-state index contributed by atoms with van der Waals surface area (Å²) >= 11 is 0. The zero-order chi connectivity index (χ0) is 12.1. The van der Waals surface area contributed by atoms with Gasteiger partial charge in [-0.2, -0.15) is 0 Å². The number of furan rings is 1. The lowest BCUT2D eigenvalue weighted by atomic mass is 10.2. The van der Waals surface area contributed by atoms with Gasteiger partial charge in [0.25, 0.3) is 0 Å². The molecule has 0 fully saturated rings. The number of hydrogen-bond acceptors (Lipinski definition) is 3. The van der Waals surface area contributed by atoms with Crippen LogP contribution in [0.3, 0.4) is 0 Å². The van der Waals surface area contributed by atoms with E-state index in [1.807, 2.05) is 36.4 Å². The molecule has 3 nitrogen and oxygen atoms in total. The average molecular weight is 228 g/mol. The van der Waals surface area contributed by atoms with Crippen molar-refractivity contribution in [1.82, 2.24) is 0 Å². The summed E-state index contributed by atoms with van der Waals surface area (Å²) in [5, 5.41) is 0. The smallest absolute Gasteiger partial charge is 0.308 e. The van der Waals surface area contributed by atoms with Crippen LogP contribution in [-0.4, -0.2) is 5.97 Å². The van der Waals surface area contributed by atoms with E-state index >= 15 is 0 Å². The van der Waals surface area contributed by atoms with Gasteiger partial charge in [-0.3, -0.25) is 4.79 Å². The highest BCUT2D eigenvalue weighted by atomic mass is 16.5. The Hall–Kier alpha value is -2.29. The zero-order valence-electron chi connectivity index (χ0n) is 9.42. The summed E-state index contributed by atoms with van der Waals surface area (Å²) < 4.78 is 10.2. The second-order valence-corrected chi connectivity index (χ2v) is 3.49. The lowest BCUT2D eigenvalue weighted by molar-refractivity contribution is -0.131. The molecule has 1 aromatic heterocycles. The summed E-state index contributed by atoms with van der Waals surface area (Å²) in [4.78, 5) is 10.8. The first-order valence-electron chi connectivity index (χ1n) is 5.25. The van der Waals surface area contributed by atoms with Gasteiger partial charge in [0.2, 0.25) is 0 Å². The van der Waals surface area contributed by atoms with E-state index in [0.717, 1.165) is 5.56 Å². The number of ether oxygens (including phenoxy) is 1. The number of esters is 1. The van der Waals surface area contributed by atoms with E-state index in [1.165, 1.54) is 13.2 Å². The van der Waals surface area contributed by atoms with Crippen molar-refractivity contribution < 1.29 is 13.9 Å². The summed E-state index contributed by atoms with van der Waals surface area (Å²) in [6.07, 6.45) is 5.16. The summed E-state index contributed by atoms with van der Waals surface area (Å²) in [6, 6.07) is 11.4. The van der Waals surface area contributed by atoms with E-state index in [4.69, 9.17) is 9.15 Å². The van der Waals surface area contributed by atoms with Crippen molar-refractivity contribution >= 4 is 18.1 Å². The van der Waals surface area contributed by atoms with Gasteiger partial charge in [-0.05, 0) is 11.6 Å². The summed E-state index contributed by atoms with van der Waals surface area (Å²) in [5.74, 6) is 0.606. The molecule has 0 atom stereocenters. The molecule has 0 N–H and O–H groups in total. The number of rotatable bonds is 3. The second kappa shape index (κ2) is 5.16. The van der Waals surface area contributed by atoms with E-state index in [2.05, 4.69) is 0 Å². The Morgan fingerprint density at radius 2 is 1.94 bits per heavy atom. The minimum Gasteiger partial charge on any atom is -0.461 e. The fourth-order valence-electron chi connectivity index (χ4n) is 1.41. The Kier molecular flexibility index (Phi) is 3.40. The Labute approximate surface area is 99.3 Å². The van der Waals surface area contributed by atoms with Gasteiger partial charge in [0.1, 0.15) is 0 Å². The van der Waals surface area contributed by atoms with E-state index in [0.29, 0.717) is 11.5 Å². The van der Waals surface area contributed by atoms with Crippen molar-refractivity contribution in [3.63, 3.8) is 0 Å². The first-order chi connectivity index (χ1) is 8.25. The third kappa shape index (κ3) is 3.08. The van der Waals surface area contributed by atoms with Crippen molar-refractivity contribution in [3.8, 4) is 5.75 Å². The lowest BCUT2D eigenvalue weighted by Crippen LogP contribution is -2.00. The quantitative estimate of drug-likeness (QED) is 0.756. The molecule has 0 aliphatic heterocycles. The van der Waals surface area contributed by atoms with Crippen LogP contribution in [0.15, 0.2) is 47.1 Å². The van der Waals surface area contributed by atoms with Gasteiger partial charge in [-0.1, -0.05) is 36.4 Å². The van der Waals surface area contributed by atoms with Crippen molar-refractivity contribution in [2.24, 2.45) is 0 Å². The monoisotopic (exact) mass is 228 g/mol. The van der Waals surface area contributed by atoms with Crippen molar-refractivity contribution in [3.05, 3.63) is 54.0 Å². The van der Waals surface area contributed by atoms with Gasteiger partial charge >= 0.3 is 5.97 Å². The number of hydrogen-bond donors (Lipinski definition) is 0. The minimum absolute atomic E-state index is 0.360. The molecule has 0 saturated carbocycles. The van der Waals surface area contributed by atoms with E-state index in [9.17, 15) is 4.79 Å². The van der Waals surface area contributed by atoms with Crippen LogP contribution in [0.2, 0.25) is 0 Å². The Balaban J connectivity index is 2.16. The topological polar surface area (TPSA) is 39.4 Å². The molecule has 0 unspecified atom stereocenters. The van der Waals surface area contributed by atoms with Crippen LogP contribution in [0, 0.1) is 0 Å². The molecular formula is C14H12O3. The van der Waals surface area contributed by atoms with Crippen LogP contribution in [-0.2, 0) is 4.79 Å². The Bertz CT molecular complexity index is 523. The fourth-order valence-corrected chi connectivity index (χ4v) is 1.41. The summed E-state index contributed by atoms with van der Waals surface area (Å²) in [6.45, 7) is 1.36. The molecular weight excluding hydrogens is 216 g/mol. The molecule has 1 heterocycles. The number of carbonyl (C=O) groups excluding carboxylic acids is 1. The molecule has 0 amide bonds. The maximum Gasteiger partial charge on any atom is 0.308 e.